The fraction of sp³-hybridized carbons (Fsp3) is 0.600. The Hall–Kier alpha value is -1.11. The fourth-order valence-electron chi connectivity index (χ4n) is 3.30. The maximum absolute atomic E-state index is 12.9. The molecule has 1 saturated heterocycles. The van der Waals surface area contributed by atoms with Gasteiger partial charge in [0.2, 0.25) is 0 Å². The second kappa shape index (κ2) is 5.59. The average Bonchev–Trinajstić information content (AvgIpc) is 2.95. The van der Waals surface area contributed by atoms with E-state index in [2.05, 4.69) is 11.0 Å². The standard InChI is InChI=1S/C15H23N3O2S/c1-13-11-16(2)15-8-4-3-7-14(15)12-18(13)21(19,20)17-9-5-6-10-17/h3-4,7-8,13H,5-6,9-12H2,1-2H3. The molecule has 0 spiro atoms. The van der Waals surface area contributed by atoms with E-state index in [4.69, 9.17) is 0 Å². The van der Waals surface area contributed by atoms with Gasteiger partial charge >= 0.3 is 0 Å². The van der Waals surface area contributed by atoms with Crippen LogP contribution in [0.2, 0.25) is 0 Å². The predicted molar refractivity (Wildman–Crippen MR) is 84.4 cm³/mol. The van der Waals surface area contributed by atoms with Crippen LogP contribution in [-0.2, 0) is 16.8 Å². The van der Waals surface area contributed by atoms with E-state index in [1.54, 1.807) is 8.61 Å². The Morgan fingerprint density at radius 3 is 2.52 bits per heavy atom. The van der Waals surface area contributed by atoms with Crippen LogP contribution >= 0.6 is 0 Å². The monoisotopic (exact) mass is 309 g/mol. The van der Waals surface area contributed by atoms with Crippen LogP contribution in [-0.4, -0.2) is 49.8 Å². The van der Waals surface area contributed by atoms with Gasteiger partial charge in [-0.2, -0.15) is 17.0 Å². The van der Waals surface area contributed by atoms with Gasteiger partial charge in [-0.05, 0) is 31.4 Å². The molecule has 21 heavy (non-hydrogen) atoms. The molecule has 1 aromatic carbocycles. The quantitative estimate of drug-likeness (QED) is 0.835. The van der Waals surface area contributed by atoms with E-state index in [1.807, 2.05) is 32.2 Å². The highest BCUT2D eigenvalue weighted by atomic mass is 32.2. The van der Waals surface area contributed by atoms with Gasteiger partial charge in [-0.1, -0.05) is 18.2 Å². The van der Waals surface area contributed by atoms with Gasteiger partial charge in [-0.3, -0.25) is 0 Å². The van der Waals surface area contributed by atoms with E-state index in [0.717, 1.165) is 24.1 Å². The molecule has 2 aliphatic rings. The van der Waals surface area contributed by atoms with Crippen LogP contribution in [0.3, 0.4) is 0 Å². The molecule has 1 unspecified atom stereocenters. The number of rotatable bonds is 2. The van der Waals surface area contributed by atoms with Crippen molar-refractivity contribution < 1.29 is 8.42 Å². The zero-order valence-electron chi connectivity index (χ0n) is 12.7. The van der Waals surface area contributed by atoms with Crippen molar-refractivity contribution >= 4 is 15.9 Å². The second-order valence-electron chi connectivity index (χ2n) is 6.02. The van der Waals surface area contributed by atoms with Crippen LogP contribution in [0.4, 0.5) is 5.69 Å². The lowest BCUT2D eigenvalue weighted by Gasteiger charge is -2.31. The first-order valence-electron chi connectivity index (χ1n) is 7.56. The lowest BCUT2D eigenvalue weighted by molar-refractivity contribution is 0.308. The zero-order valence-corrected chi connectivity index (χ0v) is 13.5. The molecule has 0 amide bonds. The molecule has 0 bridgehead atoms. The third-order valence-electron chi connectivity index (χ3n) is 4.45. The van der Waals surface area contributed by atoms with Crippen LogP contribution in [0.5, 0.6) is 0 Å². The van der Waals surface area contributed by atoms with E-state index < -0.39 is 10.2 Å². The molecule has 6 heteroatoms. The zero-order chi connectivity index (χ0) is 15.0. The van der Waals surface area contributed by atoms with E-state index in [-0.39, 0.29) is 6.04 Å². The maximum atomic E-state index is 12.9. The highest BCUT2D eigenvalue weighted by molar-refractivity contribution is 7.86. The first kappa shape index (κ1) is 14.8. The number of benzene rings is 1. The molecule has 0 radical (unpaired) electrons. The van der Waals surface area contributed by atoms with Gasteiger partial charge in [0.1, 0.15) is 0 Å². The van der Waals surface area contributed by atoms with Crippen molar-refractivity contribution in [2.45, 2.75) is 32.4 Å². The van der Waals surface area contributed by atoms with E-state index in [1.165, 1.54) is 0 Å². The van der Waals surface area contributed by atoms with E-state index in [0.29, 0.717) is 26.2 Å². The fourth-order valence-corrected chi connectivity index (χ4v) is 5.14. The summed E-state index contributed by atoms with van der Waals surface area (Å²) in [5.74, 6) is 0. The first-order chi connectivity index (χ1) is 10.00. The highest BCUT2D eigenvalue weighted by Crippen LogP contribution is 2.29. The predicted octanol–water partition coefficient (Wildman–Crippen LogP) is 1.67. The number of nitrogens with zero attached hydrogens (tertiary/aromatic N) is 3. The molecule has 1 fully saturated rings. The Kier molecular flexibility index (Phi) is 3.94. The third kappa shape index (κ3) is 2.67. The minimum absolute atomic E-state index is 0.0343. The van der Waals surface area contributed by atoms with E-state index >= 15 is 0 Å². The van der Waals surface area contributed by atoms with Crippen molar-refractivity contribution in [1.82, 2.24) is 8.61 Å². The van der Waals surface area contributed by atoms with Gasteiger partial charge in [0.15, 0.2) is 0 Å². The summed E-state index contributed by atoms with van der Waals surface area (Å²) in [4.78, 5) is 2.15. The van der Waals surface area contributed by atoms with Gasteiger partial charge in [-0.15, -0.1) is 0 Å². The normalized spacial score (nSPS) is 24.9. The van der Waals surface area contributed by atoms with Crippen LogP contribution in [0.1, 0.15) is 25.3 Å². The molecule has 116 valence electrons. The van der Waals surface area contributed by atoms with Gasteiger partial charge in [0.05, 0.1) is 0 Å². The SMILES string of the molecule is CC1CN(C)c2ccccc2CN1S(=O)(=O)N1CCCC1. The molecule has 1 aromatic rings. The largest absolute Gasteiger partial charge is 0.373 e. The number of fused-ring (bicyclic) bond motifs is 1. The van der Waals surface area contributed by atoms with Crippen molar-refractivity contribution in [1.29, 1.82) is 0 Å². The summed E-state index contributed by atoms with van der Waals surface area (Å²) in [6.07, 6.45) is 1.94. The van der Waals surface area contributed by atoms with Crippen LogP contribution in [0.15, 0.2) is 24.3 Å². The second-order valence-corrected chi connectivity index (χ2v) is 7.90. The summed E-state index contributed by atoms with van der Waals surface area (Å²) in [6, 6.07) is 8.03. The maximum Gasteiger partial charge on any atom is 0.282 e. The van der Waals surface area contributed by atoms with Crippen molar-refractivity contribution in [2.24, 2.45) is 0 Å². The average molecular weight is 309 g/mol. The van der Waals surface area contributed by atoms with Gasteiger partial charge in [-0.25, -0.2) is 0 Å². The van der Waals surface area contributed by atoms with Gasteiger partial charge < -0.3 is 4.90 Å². The Labute approximate surface area is 127 Å². The molecule has 1 atom stereocenters. The first-order valence-corrected chi connectivity index (χ1v) is 8.96. The van der Waals surface area contributed by atoms with Crippen LogP contribution < -0.4 is 4.90 Å². The van der Waals surface area contributed by atoms with E-state index in [9.17, 15) is 8.42 Å². The lowest BCUT2D eigenvalue weighted by Crippen LogP contribution is -2.48. The summed E-state index contributed by atoms with van der Waals surface area (Å²) in [6.45, 7) is 4.48. The summed E-state index contributed by atoms with van der Waals surface area (Å²) < 4.78 is 29.1. The highest BCUT2D eigenvalue weighted by Gasteiger charge is 2.37. The lowest BCUT2D eigenvalue weighted by atomic mass is 10.1. The molecule has 3 rings (SSSR count). The number of hydrogen-bond donors (Lipinski definition) is 0. The van der Waals surface area contributed by atoms with Crippen molar-refractivity contribution in [2.75, 3.05) is 31.6 Å². The van der Waals surface area contributed by atoms with Crippen LogP contribution in [0, 0.1) is 0 Å². The van der Waals surface area contributed by atoms with Crippen LogP contribution in [0.25, 0.3) is 0 Å². The Morgan fingerprint density at radius 1 is 1.14 bits per heavy atom. The summed E-state index contributed by atoms with van der Waals surface area (Å²) in [5, 5.41) is 0. The number of hydrogen-bond acceptors (Lipinski definition) is 3. The summed E-state index contributed by atoms with van der Waals surface area (Å²) in [5.41, 5.74) is 2.20. The number of likely N-dealkylation sites (N-methyl/N-ethyl adjacent to an activating group) is 1. The Bertz CT molecular complexity index is 611. The third-order valence-corrected chi connectivity index (χ3v) is 6.55. The molecule has 0 aliphatic carbocycles. The molecular weight excluding hydrogens is 286 g/mol. The Balaban J connectivity index is 1.96. The van der Waals surface area contributed by atoms with Gasteiger partial charge in [0, 0.05) is 45.0 Å². The van der Waals surface area contributed by atoms with Crippen molar-refractivity contribution in [3.63, 3.8) is 0 Å². The summed E-state index contributed by atoms with van der Waals surface area (Å²) in [7, 11) is -1.33. The minimum Gasteiger partial charge on any atom is -0.373 e. The molecule has 2 heterocycles. The molecular formula is C15H23N3O2S. The molecule has 0 aromatic heterocycles. The molecule has 0 N–H and O–H groups in total. The number of para-hydroxylation sites is 1. The van der Waals surface area contributed by atoms with Gasteiger partial charge in [0.25, 0.3) is 10.2 Å². The smallest absolute Gasteiger partial charge is 0.282 e. The minimum atomic E-state index is -3.36. The molecule has 5 nitrogen and oxygen atoms in total. The molecule has 2 aliphatic heterocycles. The molecule has 0 saturated carbocycles. The van der Waals surface area contributed by atoms with Crippen molar-refractivity contribution in [3.05, 3.63) is 29.8 Å². The summed E-state index contributed by atoms with van der Waals surface area (Å²) >= 11 is 0. The number of anilines is 1. The van der Waals surface area contributed by atoms with Crippen molar-refractivity contribution in [3.8, 4) is 0 Å². The Morgan fingerprint density at radius 2 is 1.81 bits per heavy atom. The topological polar surface area (TPSA) is 43.9 Å².